The molecule has 1 heterocycles. The summed E-state index contributed by atoms with van der Waals surface area (Å²) in [5.74, 6) is 0.735. The third-order valence-corrected chi connectivity index (χ3v) is 5.68. The molecule has 0 aliphatic heterocycles. The topological polar surface area (TPSA) is 85.8 Å². The zero-order chi connectivity index (χ0) is 15.3. The summed E-state index contributed by atoms with van der Waals surface area (Å²) < 4.78 is 1.56. The summed E-state index contributed by atoms with van der Waals surface area (Å²) in [6.07, 6.45) is 5.46. The van der Waals surface area contributed by atoms with Gasteiger partial charge in [0.25, 0.3) is 0 Å². The summed E-state index contributed by atoms with van der Waals surface area (Å²) in [4.78, 5) is 12.3. The number of carbonyl (C=O) groups is 1. The van der Waals surface area contributed by atoms with Crippen LogP contribution in [0.3, 0.4) is 0 Å². The number of hydrogen-bond donors (Lipinski definition) is 2. The average molecular weight is 291 g/mol. The van der Waals surface area contributed by atoms with E-state index in [-0.39, 0.29) is 29.3 Å². The van der Waals surface area contributed by atoms with Crippen molar-refractivity contribution in [2.24, 2.45) is 22.5 Å². The van der Waals surface area contributed by atoms with Crippen molar-refractivity contribution in [1.82, 2.24) is 20.3 Å². The Balaban J connectivity index is 1.67. The normalized spacial score (nSPS) is 33.3. The second kappa shape index (κ2) is 4.80. The van der Waals surface area contributed by atoms with Crippen molar-refractivity contribution in [1.29, 1.82) is 0 Å². The molecule has 6 heteroatoms. The first-order valence-corrected chi connectivity index (χ1v) is 7.73. The molecule has 2 saturated carbocycles. The number of rotatable bonds is 4. The summed E-state index contributed by atoms with van der Waals surface area (Å²) >= 11 is 0. The fourth-order valence-corrected chi connectivity index (χ4v) is 4.53. The molecular formula is C15H25N5O. The maximum atomic E-state index is 12.3. The molecule has 3 unspecified atom stereocenters. The van der Waals surface area contributed by atoms with Crippen molar-refractivity contribution in [3.63, 3.8) is 0 Å². The lowest BCUT2D eigenvalue weighted by Gasteiger charge is -2.43. The average Bonchev–Trinajstić information content (AvgIpc) is 3.06. The van der Waals surface area contributed by atoms with Crippen LogP contribution in [0, 0.1) is 16.7 Å². The molecule has 3 atom stereocenters. The van der Waals surface area contributed by atoms with Gasteiger partial charge < -0.3 is 11.1 Å². The molecule has 1 amide bonds. The number of nitrogens with zero attached hydrogens (tertiary/aromatic N) is 3. The minimum atomic E-state index is 0.00956. The summed E-state index contributed by atoms with van der Waals surface area (Å²) in [5, 5.41) is 11.1. The zero-order valence-corrected chi connectivity index (χ0v) is 13.1. The van der Waals surface area contributed by atoms with E-state index in [1.807, 2.05) is 0 Å². The highest BCUT2D eigenvalue weighted by molar-refractivity contribution is 5.76. The molecule has 2 bridgehead atoms. The van der Waals surface area contributed by atoms with Crippen LogP contribution in [0.5, 0.6) is 0 Å². The molecule has 3 rings (SSSR count). The van der Waals surface area contributed by atoms with Gasteiger partial charge in [-0.3, -0.25) is 4.79 Å². The third-order valence-electron chi connectivity index (χ3n) is 5.68. The zero-order valence-electron chi connectivity index (χ0n) is 13.1. The first-order valence-electron chi connectivity index (χ1n) is 7.73. The Labute approximate surface area is 125 Å². The fourth-order valence-electron chi connectivity index (χ4n) is 4.53. The highest BCUT2D eigenvalue weighted by Gasteiger charge is 2.59. The van der Waals surface area contributed by atoms with Crippen LogP contribution < -0.4 is 11.1 Å². The van der Waals surface area contributed by atoms with Crippen LogP contribution in [-0.2, 0) is 17.9 Å². The molecule has 1 aromatic heterocycles. The van der Waals surface area contributed by atoms with Crippen LogP contribution in [0.25, 0.3) is 0 Å². The van der Waals surface area contributed by atoms with Crippen molar-refractivity contribution in [3.8, 4) is 0 Å². The number of nitrogens with two attached hydrogens (primary N) is 1. The number of fused-ring (bicyclic) bond motifs is 2. The summed E-state index contributed by atoms with van der Waals surface area (Å²) in [6, 6.07) is 0.244. The van der Waals surface area contributed by atoms with Crippen molar-refractivity contribution in [2.75, 3.05) is 0 Å². The maximum absolute atomic E-state index is 12.3. The summed E-state index contributed by atoms with van der Waals surface area (Å²) in [7, 11) is 0. The lowest BCUT2D eigenvalue weighted by Crippen LogP contribution is -2.53. The van der Waals surface area contributed by atoms with Crippen LogP contribution in [0.15, 0.2) is 6.20 Å². The van der Waals surface area contributed by atoms with E-state index in [0.717, 1.165) is 5.92 Å². The third kappa shape index (κ3) is 2.35. The van der Waals surface area contributed by atoms with Gasteiger partial charge in [0.1, 0.15) is 6.54 Å². The van der Waals surface area contributed by atoms with Crippen molar-refractivity contribution >= 4 is 5.91 Å². The Morgan fingerprint density at radius 3 is 2.86 bits per heavy atom. The van der Waals surface area contributed by atoms with Gasteiger partial charge in [-0.05, 0) is 36.0 Å². The largest absolute Gasteiger partial charge is 0.351 e. The first kappa shape index (κ1) is 14.5. The lowest BCUT2D eigenvalue weighted by atomic mass is 9.68. The van der Waals surface area contributed by atoms with Gasteiger partial charge in [-0.2, -0.15) is 0 Å². The van der Waals surface area contributed by atoms with Crippen molar-refractivity contribution < 1.29 is 4.79 Å². The Morgan fingerprint density at radius 1 is 1.52 bits per heavy atom. The minimum Gasteiger partial charge on any atom is -0.351 e. The molecule has 0 aromatic carbocycles. The van der Waals surface area contributed by atoms with Gasteiger partial charge in [-0.15, -0.1) is 5.10 Å². The molecular weight excluding hydrogens is 266 g/mol. The predicted octanol–water partition coefficient (Wildman–Crippen LogP) is 1.07. The van der Waals surface area contributed by atoms with Crippen LogP contribution in [0.4, 0.5) is 0 Å². The fraction of sp³-hybridized carbons (Fsp3) is 0.800. The van der Waals surface area contributed by atoms with E-state index in [1.165, 1.54) is 19.3 Å². The Hall–Kier alpha value is -1.43. The molecule has 0 spiro atoms. The van der Waals surface area contributed by atoms with Gasteiger partial charge in [0.15, 0.2) is 0 Å². The summed E-state index contributed by atoms with van der Waals surface area (Å²) in [6.45, 7) is 7.44. The van der Waals surface area contributed by atoms with Crippen molar-refractivity contribution in [3.05, 3.63) is 11.9 Å². The number of amides is 1. The van der Waals surface area contributed by atoms with E-state index in [9.17, 15) is 4.79 Å². The monoisotopic (exact) mass is 291 g/mol. The molecule has 2 fully saturated rings. The van der Waals surface area contributed by atoms with Crippen LogP contribution in [0.1, 0.15) is 45.7 Å². The van der Waals surface area contributed by atoms with E-state index in [2.05, 4.69) is 36.4 Å². The smallest absolute Gasteiger partial charge is 0.242 e. The number of hydrogen-bond acceptors (Lipinski definition) is 4. The van der Waals surface area contributed by atoms with Crippen LogP contribution in [0.2, 0.25) is 0 Å². The van der Waals surface area contributed by atoms with Gasteiger partial charge in [0.05, 0.1) is 11.9 Å². The van der Waals surface area contributed by atoms with Gasteiger partial charge in [-0.1, -0.05) is 26.0 Å². The molecule has 116 valence electrons. The van der Waals surface area contributed by atoms with E-state index in [4.69, 9.17) is 5.73 Å². The van der Waals surface area contributed by atoms with Gasteiger partial charge in [-0.25, -0.2) is 4.68 Å². The Bertz CT molecular complexity index is 547. The number of carbonyl (C=O) groups excluding carboxylic acids is 1. The van der Waals surface area contributed by atoms with Crippen LogP contribution >= 0.6 is 0 Å². The molecule has 0 radical (unpaired) electrons. The standard InChI is InChI=1S/C15H25N5O/c1-14(2)10-4-5-15(3,6-10)13(14)17-12(21)9-20-8-11(7-16)18-19-20/h8,10,13H,4-7,9,16H2,1-3H3,(H,17,21). The second-order valence-electron chi connectivity index (χ2n) is 7.53. The maximum Gasteiger partial charge on any atom is 0.242 e. The second-order valence-corrected chi connectivity index (χ2v) is 7.53. The molecule has 3 N–H and O–H groups in total. The first-order chi connectivity index (χ1) is 9.85. The summed E-state index contributed by atoms with van der Waals surface area (Å²) in [5.41, 5.74) is 6.63. The van der Waals surface area contributed by atoms with Gasteiger partial charge in [0.2, 0.25) is 5.91 Å². The number of nitrogens with one attached hydrogen (secondary N) is 1. The van der Waals surface area contributed by atoms with Gasteiger partial charge in [0, 0.05) is 12.6 Å². The van der Waals surface area contributed by atoms with Crippen LogP contribution in [-0.4, -0.2) is 26.9 Å². The Morgan fingerprint density at radius 2 is 2.29 bits per heavy atom. The molecule has 0 saturated heterocycles. The Kier molecular flexibility index (Phi) is 3.31. The van der Waals surface area contributed by atoms with E-state index < -0.39 is 0 Å². The molecule has 6 nitrogen and oxygen atoms in total. The molecule has 1 aromatic rings. The highest BCUT2D eigenvalue weighted by atomic mass is 16.2. The minimum absolute atomic E-state index is 0.00956. The van der Waals surface area contributed by atoms with Crippen molar-refractivity contribution in [2.45, 2.75) is 59.2 Å². The highest BCUT2D eigenvalue weighted by Crippen LogP contribution is 2.62. The van der Waals surface area contributed by atoms with E-state index >= 15 is 0 Å². The quantitative estimate of drug-likeness (QED) is 0.869. The molecule has 2 aliphatic rings. The lowest BCUT2D eigenvalue weighted by molar-refractivity contribution is -0.124. The van der Waals surface area contributed by atoms with E-state index in [0.29, 0.717) is 12.2 Å². The SMILES string of the molecule is CC12CCC(C1)C(C)(C)C2NC(=O)Cn1cc(CN)nn1. The predicted molar refractivity (Wildman–Crippen MR) is 79.1 cm³/mol. The van der Waals surface area contributed by atoms with Gasteiger partial charge >= 0.3 is 0 Å². The molecule has 2 aliphatic carbocycles. The van der Waals surface area contributed by atoms with E-state index in [1.54, 1.807) is 10.9 Å². The number of aromatic nitrogens is 3. The molecule has 21 heavy (non-hydrogen) atoms.